The first kappa shape index (κ1) is 19.6. The summed E-state index contributed by atoms with van der Waals surface area (Å²) in [5.41, 5.74) is -0.00717. The van der Waals surface area contributed by atoms with Gasteiger partial charge in [-0.25, -0.2) is 9.59 Å². The summed E-state index contributed by atoms with van der Waals surface area (Å²) >= 11 is 0. The first-order valence-corrected chi connectivity index (χ1v) is 9.62. The number of carbonyl (C=O) groups is 3. The molecular formula is C21H28O6. The Morgan fingerprint density at radius 1 is 0.852 bits per heavy atom. The summed E-state index contributed by atoms with van der Waals surface area (Å²) in [6.45, 7) is 7.60. The second-order valence-corrected chi connectivity index (χ2v) is 8.56. The van der Waals surface area contributed by atoms with Gasteiger partial charge in [-0.15, -0.1) is 0 Å². The van der Waals surface area contributed by atoms with Gasteiger partial charge in [0, 0.05) is 23.0 Å². The molecule has 0 aromatic rings. The molecule has 0 amide bonds. The zero-order chi connectivity index (χ0) is 19.5. The highest BCUT2D eigenvalue weighted by Gasteiger charge is 2.58. The molecule has 4 aliphatic rings. The zero-order valence-electron chi connectivity index (χ0n) is 15.7. The molecule has 4 saturated carbocycles. The van der Waals surface area contributed by atoms with Crippen LogP contribution in [0.4, 0.5) is 0 Å². The lowest BCUT2D eigenvalue weighted by Crippen LogP contribution is -2.55. The number of ether oxygens (including phenoxy) is 3. The molecule has 4 fully saturated rings. The van der Waals surface area contributed by atoms with Crippen LogP contribution in [0.5, 0.6) is 0 Å². The molecule has 27 heavy (non-hydrogen) atoms. The van der Waals surface area contributed by atoms with Crippen LogP contribution in [0.2, 0.25) is 0 Å². The van der Waals surface area contributed by atoms with Crippen LogP contribution < -0.4 is 0 Å². The van der Waals surface area contributed by atoms with Gasteiger partial charge in [-0.1, -0.05) is 13.2 Å². The van der Waals surface area contributed by atoms with E-state index in [2.05, 4.69) is 13.2 Å². The highest BCUT2D eigenvalue weighted by molar-refractivity contribution is 5.81. The molecule has 0 N–H and O–H groups in total. The SMILES string of the molecule is C=CC(=O)OCCC(=O)OCC12C[C@@H]3C[C@@H](CC(COC(=O)C=C)(C3)C1)C2. The molecule has 6 nitrogen and oxygen atoms in total. The Morgan fingerprint density at radius 2 is 1.37 bits per heavy atom. The summed E-state index contributed by atoms with van der Waals surface area (Å²) in [5.74, 6) is -0.0446. The quantitative estimate of drug-likeness (QED) is 0.350. The maximum atomic E-state index is 12.0. The summed E-state index contributed by atoms with van der Waals surface area (Å²) in [6, 6.07) is 0. The summed E-state index contributed by atoms with van der Waals surface area (Å²) in [4.78, 5) is 34.6. The second-order valence-electron chi connectivity index (χ2n) is 8.56. The fourth-order valence-electron chi connectivity index (χ4n) is 5.87. The molecule has 0 radical (unpaired) electrons. The minimum atomic E-state index is -0.542. The maximum Gasteiger partial charge on any atom is 0.330 e. The molecule has 0 spiro atoms. The van der Waals surface area contributed by atoms with E-state index in [-0.39, 0.29) is 35.8 Å². The van der Waals surface area contributed by atoms with Gasteiger partial charge in [0.2, 0.25) is 0 Å². The summed E-state index contributed by atoms with van der Waals surface area (Å²) in [7, 11) is 0. The highest BCUT2D eigenvalue weighted by Crippen LogP contribution is 2.65. The molecule has 4 atom stereocenters. The topological polar surface area (TPSA) is 78.9 Å². The molecule has 4 aliphatic carbocycles. The first-order valence-electron chi connectivity index (χ1n) is 9.62. The van der Waals surface area contributed by atoms with Crippen LogP contribution in [0.15, 0.2) is 25.3 Å². The minimum Gasteiger partial charge on any atom is -0.465 e. The van der Waals surface area contributed by atoms with Gasteiger partial charge in [0.25, 0.3) is 0 Å². The average molecular weight is 376 g/mol. The maximum absolute atomic E-state index is 12.0. The van der Waals surface area contributed by atoms with Gasteiger partial charge in [0.05, 0.1) is 19.6 Å². The molecule has 0 aromatic heterocycles. The normalized spacial score (nSPS) is 33.2. The standard InChI is InChI=1S/C21H28O6/c1-3-17(22)25-6-5-19(24)27-14-21-10-15-7-16(11-21)9-20(8-15,12-21)13-26-18(23)4-2/h3-4,15-16H,1-2,5-14H2/t15-,16+,20?,21?. The third-order valence-electron chi connectivity index (χ3n) is 6.25. The van der Waals surface area contributed by atoms with Crippen molar-refractivity contribution in [3.8, 4) is 0 Å². The van der Waals surface area contributed by atoms with Crippen LogP contribution in [-0.4, -0.2) is 37.7 Å². The molecule has 0 aliphatic heterocycles. The molecule has 4 bridgehead atoms. The minimum absolute atomic E-state index is 0.00335. The second kappa shape index (κ2) is 7.87. The van der Waals surface area contributed by atoms with E-state index < -0.39 is 5.97 Å². The highest BCUT2D eigenvalue weighted by atomic mass is 16.5. The molecule has 2 unspecified atom stereocenters. The Morgan fingerprint density at radius 3 is 1.93 bits per heavy atom. The van der Waals surface area contributed by atoms with Crippen molar-refractivity contribution in [1.82, 2.24) is 0 Å². The fraction of sp³-hybridized carbons (Fsp3) is 0.667. The van der Waals surface area contributed by atoms with E-state index in [0.717, 1.165) is 38.2 Å². The van der Waals surface area contributed by atoms with Crippen LogP contribution in [0.1, 0.15) is 44.9 Å². The Balaban J connectivity index is 1.54. The molecule has 0 aromatic carbocycles. The number of esters is 3. The van der Waals surface area contributed by atoms with Crippen molar-refractivity contribution in [1.29, 1.82) is 0 Å². The van der Waals surface area contributed by atoms with Gasteiger partial charge in [0.1, 0.15) is 6.61 Å². The number of hydrogen-bond donors (Lipinski definition) is 0. The van der Waals surface area contributed by atoms with Gasteiger partial charge >= 0.3 is 17.9 Å². The smallest absolute Gasteiger partial charge is 0.330 e. The van der Waals surface area contributed by atoms with Crippen LogP contribution in [0.25, 0.3) is 0 Å². The lowest BCUT2D eigenvalue weighted by Gasteiger charge is -2.61. The van der Waals surface area contributed by atoms with E-state index in [0.29, 0.717) is 25.0 Å². The van der Waals surface area contributed by atoms with Crippen LogP contribution in [0, 0.1) is 22.7 Å². The summed E-state index contributed by atoms with van der Waals surface area (Å²) in [5, 5.41) is 0. The van der Waals surface area contributed by atoms with E-state index in [4.69, 9.17) is 14.2 Å². The van der Waals surface area contributed by atoms with E-state index in [1.807, 2.05) is 0 Å². The van der Waals surface area contributed by atoms with Crippen molar-refractivity contribution in [2.24, 2.45) is 22.7 Å². The van der Waals surface area contributed by atoms with Gasteiger partial charge in [-0.3, -0.25) is 4.79 Å². The summed E-state index contributed by atoms with van der Waals surface area (Å²) in [6.07, 6.45) is 8.78. The number of hydrogen-bond acceptors (Lipinski definition) is 6. The number of carbonyl (C=O) groups excluding carboxylic acids is 3. The Hall–Kier alpha value is -2.11. The third kappa shape index (κ3) is 4.60. The molecule has 6 heteroatoms. The van der Waals surface area contributed by atoms with Crippen molar-refractivity contribution in [3.05, 3.63) is 25.3 Å². The van der Waals surface area contributed by atoms with Crippen molar-refractivity contribution in [2.45, 2.75) is 44.9 Å². The van der Waals surface area contributed by atoms with Crippen LogP contribution in [0.3, 0.4) is 0 Å². The lowest BCUT2D eigenvalue weighted by atomic mass is 9.44. The Kier molecular flexibility index (Phi) is 5.72. The van der Waals surface area contributed by atoms with Gasteiger partial charge in [-0.05, 0) is 50.4 Å². The Labute approximate surface area is 159 Å². The first-order chi connectivity index (χ1) is 12.9. The van der Waals surface area contributed by atoms with Crippen molar-refractivity contribution >= 4 is 17.9 Å². The molecule has 0 heterocycles. The van der Waals surface area contributed by atoms with Gasteiger partial charge in [0.15, 0.2) is 0 Å². The molecule has 148 valence electrons. The summed E-state index contributed by atoms with van der Waals surface area (Å²) < 4.78 is 15.8. The zero-order valence-corrected chi connectivity index (χ0v) is 15.7. The predicted octanol–water partition coefficient (Wildman–Crippen LogP) is 2.96. The fourth-order valence-corrected chi connectivity index (χ4v) is 5.87. The largest absolute Gasteiger partial charge is 0.465 e. The average Bonchev–Trinajstić information content (AvgIpc) is 2.63. The van der Waals surface area contributed by atoms with Crippen molar-refractivity contribution < 1.29 is 28.6 Å². The molecule has 0 saturated heterocycles. The van der Waals surface area contributed by atoms with Crippen LogP contribution >= 0.6 is 0 Å². The lowest BCUT2D eigenvalue weighted by molar-refractivity contribution is -0.176. The van der Waals surface area contributed by atoms with Gasteiger partial charge < -0.3 is 14.2 Å². The van der Waals surface area contributed by atoms with E-state index in [1.165, 1.54) is 12.5 Å². The molecule has 4 rings (SSSR count). The van der Waals surface area contributed by atoms with E-state index >= 15 is 0 Å². The predicted molar refractivity (Wildman–Crippen MR) is 97.4 cm³/mol. The van der Waals surface area contributed by atoms with E-state index in [1.54, 1.807) is 0 Å². The van der Waals surface area contributed by atoms with Crippen molar-refractivity contribution in [3.63, 3.8) is 0 Å². The van der Waals surface area contributed by atoms with Crippen molar-refractivity contribution in [2.75, 3.05) is 19.8 Å². The third-order valence-corrected chi connectivity index (χ3v) is 6.25. The number of rotatable bonds is 9. The molecular weight excluding hydrogens is 348 g/mol. The Bertz CT molecular complexity index is 623. The van der Waals surface area contributed by atoms with E-state index in [9.17, 15) is 14.4 Å². The van der Waals surface area contributed by atoms with Crippen LogP contribution in [-0.2, 0) is 28.6 Å². The van der Waals surface area contributed by atoms with Gasteiger partial charge in [-0.2, -0.15) is 0 Å². The monoisotopic (exact) mass is 376 g/mol.